The normalized spacial score (nSPS) is 11.4. The number of halogens is 2. The Morgan fingerprint density at radius 1 is 1.03 bits per heavy atom. The van der Waals surface area contributed by atoms with Crippen LogP contribution in [0.3, 0.4) is 0 Å². The first-order chi connectivity index (χ1) is 14.5. The van der Waals surface area contributed by atoms with Crippen LogP contribution in [0.1, 0.15) is 5.56 Å². The van der Waals surface area contributed by atoms with Crippen LogP contribution in [0.4, 0.5) is 0 Å². The highest BCUT2D eigenvalue weighted by Crippen LogP contribution is 2.30. The Kier molecular flexibility index (Phi) is 5.69. The van der Waals surface area contributed by atoms with Crippen molar-refractivity contribution in [2.75, 3.05) is 0 Å². The van der Waals surface area contributed by atoms with Crippen LogP contribution in [0, 0.1) is 0 Å². The summed E-state index contributed by atoms with van der Waals surface area (Å²) in [5.41, 5.74) is 4.21. The van der Waals surface area contributed by atoms with E-state index in [9.17, 15) is 14.7 Å². The van der Waals surface area contributed by atoms with Gasteiger partial charge in [0.15, 0.2) is 5.43 Å². The Bertz CT molecular complexity index is 1320. The number of aromatic nitrogens is 1. The molecule has 0 spiro atoms. The van der Waals surface area contributed by atoms with Gasteiger partial charge in [-0.3, -0.25) is 9.59 Å². The average Bonchev–Trinajstić information content (AvgIpc) is 2.74. The number of hydrogen-bond acceptors (Lipinski definition) is 4. The van der Waals surface area contributed by atoms with Crippen LogP contribution in [-0.2, 0) is 11.3 Å². The highest BCUT2D eigenvalue weighted by atomic mass is 79.9. The first-order valence-electron chi connectivity index (χ1n) is 8.96. The smallest absolute Gasteiger partial charge is 0.260 e. The molecule has 0 saturated carbocycles. The summed E-state index contributed by atoms with van der Waals surface area (Å²) in [6.45, 7) is -0.0210. The van der Waals surface area contributed by atoms with E-state index in [0.717, 1.165) is 4.47 Å². The Morgan fingerprint density at radius 2 is 1.63 bits per heavy atom. The molecule has 1 aromatic heterocycles. The number of carbonyl (C=O) groups excluding carboxylic acids is 1. The predicted molar refractivity (Wildman–Crippen MR) is 125 cm³/mol. The number of nitrogens with one attached hydrogen (secondary N) is 1. The highest BCUT2D eigenvalue weighted by molar-refractivity contribution is 9.11. The van der Waals surface area contributed by atoms with E-state index in [4.69, 9.17) is 0 Å². The van der Waals surface area contributed by atoms with E-state index in [1.807, 2.05) is 24.3 Å². The molecule has 6 nitrogen and oxygen atoms in total. The van der Waals surface area contributed by atoms with E-state index in [1.165, 1.54) is 6.21 Å². The summed E-state index contributed by atoms with van der Waals surface area (Å²) in [4.78, 5) is 25.4. The molecule has 0 fully saturated rings. The van der Waals surface area contributed by atoms with Gasteiger partial charge in [0.2, 0.25) is 0 Å². The molecular formula is C22H15Br2N3O3. The highest BCUT2D eigenvalue weighted by Gasteiger charge is 2.12. The zero-order valence-electron chi connectivity index (χ0n) is 15.5. The number of rotatable bonds is 4. The van der Waals surface area contributed by atoms with E-state index in [2.05, 4.69) is 42.4 Å². The largest absolute Gasteiger partial charge is 0.506 e. The molecule has 1 amide bonds. The fourth-order valence-corrected chi connectivity index (χ4v) is 4.54. The molecule has 0 aliphatic rings. The third-order valence-corrected chi connectivity index (χ3v) is 5.69. The molecule has 1 heterocycles. The van der Waals surface area contributed by atoms with Crippen LogP contribution in [0.15, 0.2) is 79.5 Å². The predicted octanol–water partition coefficient (Wildman–Crippen LogP) is 4.54. The van der Waals surface area contributed by atoms with Gasteiger partial charge in [0.05, 0.1) is 21.7 Å². The van der Waals surface area contributed by atoms with Gasteiger partial charge >= 0.3 is 0 Å². The summed E-state index contributed by atoms with van der Waals surface area (Å²) < 4.78 is 3.06. The summed E-state index contributed by atoms with van der Waals surface area (Å²) in [6, 6.07) is 17.8. The zero-order chi connectivity index (χ0) is 21.3. The number of fused-ring (bicyclic) bond motifs is 2. The van der Waals surface area contributed by atoms with Crippen LogP contribution in [0.2, 0.25) is 0 Å². The molecule has 0 atom stereocenters. The lowest BCUT2D eigenvalue weighted by Crippen LogP contribution is -2.25. The van der Waals surface area contributed by atoms with Crippen molar-refractivity contribution < 1.29 is 9.90 Å². The molecule has 3 aromatic carbocycles. The lowest BCUT2D eigenvalue weighted by Gasteiger charge is -2.14. The summed E-state index contributed by atoms with van der Waals surface area (Å²) in [5.74, 6) is -0.340. The molecule has 0 aliphatic heterocycles. The van der Waals surface area contributed by atoms with Gasteiger partial charge in [-0.1, -0.05) is 40.2 Å². The maximum Gasteiger partial charge on any atom is 0.260 e. The van der Waals surface area contributed by atoms with Gasteiger partial charge in [0, 0.05) is 20.8 Å². The number of carbonyl (C=O) groups is 1. The van der Waals surface area contributed by atoms with Crippen molar-refractivity contribution in [3.05, 3.63) is 85.4 Å². The van der Waals surface area contributed by atoms with Crippen LogP contribution < -0.4 is 10.9 Å². The van der Waals surface area contributed by atoms with Crippen molar-refractivity contribution in [1.29, 1.82) is 0 Å². The molecule has 0 unspecified atom stereocenters. The summed E-state index contributed by atoms with van der Waals surface area (Å²) in [6.07, 6.45) is 1.37. The van der Waals surface area contributed by atoms with E-state index in [0.29, 0.717) is 31.8 Å². The summed E-state index contributed by atoms with van der Waals surface area (Å²) in [7, 11) is 0. The molecule has 4 rings (SSSR count). The molecule has 8 heteroatoms. The van der Waals surface area contributed by atoms with E-state index in [1.54, 1.807) is 41.0 Å². The second-order valence-corrected chi connectivity index (χ2v) is 8.34. The molecule has 0 saturated heterocycles. The second-order valence-electron chi connectivity index (χ2n) is 6.57. The number of hydrogen-bond donors (Lipinski definition) is 2. The molecular weight excluding hydrogens is 514 g/mol. The minimum Gasteiger partial charge on any atom is -0.506 e. The van der Waals surface area contributed by atoms with Crippen molar-refractivity contribution in [2.24, 2.45) is 5.10 Å². The number of para-hydroxylation sites is 2. The number of nitrogens with zero attached hydrogens (tertiary/aromatic N) is 2. The molecule has 0 radical (unpaired) electrons. The number of phenolic OH excluding ortho intramolecular Hbond substituents is 1. The molecule has 150 valence electrons. The zero-order valence-corrected chi connectivity index (χ0v) is 18.6. The van der Waals surface area contributed by atoms with Gasteiger partial charge in [-0.2, -0.15) is 5.10 Å². The third kappa shape index (κ3) is 3.88. The number of pyridine rings is 1. The molecule has 0 bridgehead atoms. The first-order valence-corrected chi connectivity index (χ1v) is 10.5. The van der Waals surface area contributed by atoms with Gasteiger partial charge in [-0.25, -0.2) is 5.43 Å². The first kappa shape index (κ1) is 20.3. The second kappa shape index (κ2) is 8.41. The van der Waals surface area contributed by atoms with Crippen molar-refractivity contribution in [3.63, 3.8) is 0 Å². The van der Waals surface area contributed by atoms with Crippen molar-refractivity contribution in [3.8, 4) is 5.75 Å². The van der Waals surface area contributed by atoms with Gasteiger partial charge in [-0.15, -0.1) is 0 Å². The number of aromatic hydroxyl groups is 1. The Hall–Kier alpha value is -2.97. The number of amides is 1. The number of benzene rings is 3. The van der Waals surface area contributed by atoms with Gasteiger partial charge < -0.3 is 9.67 Å². The van der Waals surface area contributed by atoms with E-state index < -0.39 is 0 Å². The van der Waals surface area contributed by atoms with Gasteiger partial charge in [-0.05, 0) is 52.3 Å². The van der Waals surface area contributed by atoms with Crippen LogP contribution in [-0.4, -0.2) is 21.8 Å². The number of phenols is 1. The SMILES string of the molecule is O=C(Cn1c2ccccc2c(=O)c2ccccc21)N/N=C/c1cc(Br)cc(Br)c1O. The minimum absolute atomic E-state index is 0.0210. The van der Waals surface area contributed by atoms with Gasteiger partial charge in [0.25, 0.3) is 5.91 Å². The van der Waals surface area contributed by atoms with E-state index in [-0.39, 0.29) is 23.6 Å². The molecule has 2 N–H and O–H groups in total. The van der Waals surface area contributed by atoms with E-state index >= 15 is 0 Å². The quantitative estimate of drug-likeness (QED) is 0.232. The standard InChI is InChI=1S/C22H15Br2N3O3/c23-14-9-13(21(29)17(24)10-14)11-25-26-20(28)12-27-18-7-3-1-5-15(18)22(30)16-6-2-4-8-19(16)27/h1-11,29H,12H2,(H,26,28)/b25-11+. The van der Waals surface area contributed by atoms with Crippen molar-refractivity contribution in [2.45, 2.75) is 6.54 Å². The summed E-state index contributed by atoms with van der Waals surface area (Å²) >= 11 is 6.60. The molecule has 0 aliphatic carbocycles. The topological polar surface area (TPSA) is 83.7 Å². The Balaban J connectivity index is 1.65. The lowest BCUT2D eigenvalue weighted by molar-refractivity contribution is -0.121. The van der Waals surface area contributed by atoms with Crippen LogP contribution in [0.25, 0.3) is 21.8 Å². The maximum atomic E-state index is 12.8. The third-order valence-electron chi connectivity index (χ3n) is 4.63. The maximum absolute atomic E-state index is 12.8. The Morgan fingerprint density at radius 3 is 2.27 bits per heavy atom. The molecule has 4 aromatic rings. The summed E-state index contributed by atoms with van der Waals surface area (Å²) in [5, 5.41) is 15.1. The fourth-order valence-electron chi connectivity index (χ4n) is 3.28. The van der Waals surface area contributed by atoms with Crippen LogP contribution in [0.5, 0.6) is 5.75 Å². The average molecular weight is 529 g/mol. The minimum atomic E-state index is -0.362. The lowest BCUT2D eigenvalue weighted by atomic mass is 10.1. The van der Waals surface area contributed by atoms with Gasteiger partial charge in [0.1, 0.15) is 12.3 Å². The monoisotopic (exact) mass is 527 g/mol. The van der Waals surface area contributed by atoms with Crippen molar-refractivity contribution in [1.82, 2.24) is 9.99 Å². The number of hydrazone groups is 1. The molecule has 30 heavy (non-hydrogen) atoms. The van der Waals surface area contributed by atoms with Crippen LogP contribution >= 0.6 is 31.9 Å². The Labute approximate surface area is 188 Å². The van der Waals surface area contributed by atoms with Crippen molar-refractivity contribution >= 4 is 65.8 Å². The fraction of sp³-hybridized carbons (Fsp3) is 0.0455.